The average Bonchev–Trinajstić information content (AvgIpc) is 3.28. The standard InChI is InChI=1S/C22H22ClN5O3/c1-2-3-4-14-5-7-15(8-6-14)28-25-18-11-16(23)17(12-19(18)26-28)24-20-13-21(30)27(9-10-29)22(20)31/h5-8,11-13,24,29H,2-4,9-10H2,1H3. The van der Waals surface area contributed by atoms with E-state index in [4.69, 9.17) is 16.7 Å². The summed E-state index contributed by atoms with van der Waals surface area (Å²) in [5.41, 5.74) is 3.84. The van der Waals surface area contributed by atoms with Gasteiger partial charge in [-0.2, -0.15) is 4.80 Å². The van der Waals surface area contributed by atoms with Crippen LogP contribution in [0.3, 0.4) is 0 Å². The summed E-state index contributed by atoms with van der Waals surface area (Å²) in [6, 6.07) is 11.5. The molecule has 2 amide bonds. The number of benzene rings is 2. The van der Waals surface area contributed by atoms with Crippen LogP contribution in [0.4, 0.5) is 5.69 Å². The van der Waals surface area contributed by atoms with Gasteiger partial charge in [0.05, 0.1) is 29.5 Å². The quantitative estimate of drug-likeness (QED) is 0.523. The Kier molecular flexibility index (Phi) is 6.01. The third kappa shape index (κ3) is 4.30. The molecule has 3 aromatic rings. The van der Waals surface area contributed by atoms with Gasteiger partial charge in [0.25, 0.3) is 11.8 Å². The van der Waals surface area contributed by atoms with Crippen LogP contribution in [0.15, 0.2) is 48.2 Å². The zero-order valence-electron chi connectivity index (χ0n) is 17.0. The molecule has 1 aliphatic heterocycles. The van der Waals surface area contributed by atoms with Crippen LogP contribution in [-0.4, -0.2) is 50.0 Å². The fourth-order valence-electron chi connectivity index (χ4n) is 3.38. The number of aromatic nitrogens is 3. The maximum atomic E-state index is 12.4. The molecule has 0 radical (unpaired) electrons. The molecule has 4 rings (SSSR count). The van der Waals surface area contributed by atoms with Crippen molar-refractivity contribution in [1.29, 1.82) is 0 Å². The van der Waals surface area contributed by atoms with Gasteiger partial charge in [0.2, 0.25) is 0 Å². The van der Waals surface area contributed by atoms with E-state index in [0.717, 1.165) is 29.8 Å². The van der Waals surface area contributed by atoms with Crippen LogP contribution >= 0.6 is 11.6 Å². The lowest BCUT2D eigenvalue weighted by molar-refractivity contribution is -0.137. The molecule has 0 fully saturated rings. The van der Waals surface area contributed by atoms with Crippen LogP contribution in [0, 0.1) is 0 Å². The van der Waals surface area contributed by atoms with E-state index in [2.05, 4.69) is 34.6 Å². The van der Waals surface area contributed by atoms with Gasteiger partial charge < -0.3 is 10.4 Å². The van der Waals surface area contributed by atoms with Gasteiger partial charge in [0.15, 0.2) is 0 Å². The molecule has 1 aliphatic rings. The molecule has 0 atom stereocenters. The summed E-state index contributed by atoms with van der Waals surface area (Å²) in [4.78, 5) is 26.8. The number of halogens is 1. The summed E-state index contributed by atoms with van der Waals surface area (Å²) in [6.45, 7) is 1.82. The Morgan fingerprint density at radius 3 is 2.48 bits per heavy atom. The van der Waals surface area contributed by atoms with Crippen molar-refractivity contribution < 1.29 is 14.7 Å². The van der Waals surface area contributed by atoms with Crippen LogP contribution < -0.4 is 5.32 Å². The van der Waals surface area contributed by atoms with Crippen molar-refractivity contribution in [3.8, 4) is 5.69 Å². The maximum absolute atomic E-state index is 12.4. The highest BCUT2D eigenvalue weighted by Gasteiger charge is 2.31. The number of carbonyl (C=O) groups is 2. The monoisotopic (exact) mass is 439 g/mol. The van der Waals surface area contributed by atoms with Gasteiger partial charge >= 0.3 is 0 Å². The number of fused-ring (bicyclic) bond motifs is 1. The molecule has 0 saturated heterocycles. The second-order valence-electron chi connectivity index (χ2n) is 7.28. The molecule has 1 aromatic heterocycles. The predicted octanol–water partition coefficient (Wildman–Crippen LogP) is 3.07. The average molecular weight is 440 g/mol. The fourth-order valence-corrected chi connectivity index (χ4v) is 3.59. The molecular formula is C22H22ClN5O3. The van der Waals surface area contributed by atoms with Gasteiger partial charge in [-0.3, -0.25) is 14.5 Å². The minimum absolute atomic E-state index is 0.0579. The third-order valence-corrected chi connectivity index (χ3v) is 5.37. The molecule has 0 aliphatic carbocycles. The number of nitrogens with zero attached hydrogens (tertiary/aromatic N) is 4. The predicted molar refractivity (Wildman–Crippen MR) is 118 cm³/mol. The highest BCUT2D eigenvalue weighted by molar-refractivity contribution is 6.34. The Bertz CT molecular complexity index is 1170. The fraction of sp³-hybridized carbons (Fsp3) is 0.273. The smallest absolute Gasteiger partial charge is 0.277 e. The molecular weight excluding hydrogens is 418 g/mol. The summed E-state index contributed by atoms with van der Waals surface area (Å²) in [5.74, 6) is -0.992. The number of aliphatic hydroxyl groups excluding tert-OH is 1. The van der Waals surface area contributed by atoms with Gasteiger partial charge in [0, 0.05) is 6.08 Å². The molecule has 31 heavy (non-hydrogen) atoms. The number of imide groups is 1. The first-order chi connectivity index (χ1) is 15.0. The number of amides is 2. The summed E-state index contributed by atoms with van der Waals surface area (Å²) in [5, 5.41) is 21.3. The van der Waals surface area contributed by atoms with Crippen molar-refractivity contribution in [2.75, 3.05) is 18.5 Å². The lowest BCUT2D eigenvalue weighted by Crippen LogP contribution is -2.34. The number of anilines is 1. The number of unbranched alkanes of at least 4 members (excludes halogenated alkanes) is 1. The summed E-state index contributed by atoms with van der Waals surface area (Å²) < 4.78 is 0. The van der Waals surface area contributed by atoms with Crippen LogP contribution in [-0.2, 0) is 16.0 Å². The Labute approximate surface area is 184 Å². The second kappa shape index (κ2) is 8.87. The van der Waals surface area contributed by atoms with E-state index in [-0.39, 0.29) is 18.8 Å². The van der Waals surface area contributed by atoms with E-state index in [1.54, 1.807) is 16.9 Å². The first kappa shape index (κ1) is 21.0. The van der Waals surface area contributed by atoms with Crippen LogP contribution in [0.2, 0.25) is 5.02 Å². The molecule has 0 spiro atoms. The van der Waals surface area contributed by atoms with Crippen molar-refractivity contribution in [3.05, 3.63) is 58.8 Å². The number of aryl methyl sites for hydroxylation is 1. The highest BCUT2D eigenvalue weighted by atomic mass is 35.5. The normalized spacial score (nSPS) is 13.9. The molecule has 2 aromatic carbocycles. The van der Waals surface area contributed by atoms with Crippen molar-refractivity contribution in [1.82, 2.24) is 19.9 Å². The van der Waals surface area contributed by atoms with E-state index in [9.17, 15) is 9.59 Å². The minimum atomic E-state index is -0.512. The largest absolute Gasteiger partial charge is 0.395 e. The lowest BCUT2D eigenvalue weighted by atomic mass is 10.1. The molecule has 2 N–H and O–H groups in total. The molecule has 8 nitrogen and oxygen atoms in total. The van der Waals surface area contributed by atoms with Crippen LogP contribution in [0.5, 0.6) is 0 Å². The van der Waals surface area contributed by atoms with E-state index in [1.165, 1.54) is 11.6 Å². The number of aliphatic hydroxyl groups is 1. The lowest BCUT2D eigenvalue weighted by Gasteiger charge is -2.13. The van der Waals surface area contributed by atoms with Crippen molar-refractivity contribution in [2.24, 2.45) is 0 Å². The Balaban J connectivity index is 1.57. The number of nitrogens with one attached hydrogen (secondary N) is 1. The van der Waals surface area contributed by atoms with Crippen molar-refractivity contribution >= 4 is 40.1 Å². The Hall–Kier alpha value is -3.23. The molecule has 2 heterocycles. The first-order valence-corrected chi connectivity index (χ1v) is 10.5. The number of hydrogen-bond acceptors (Lipinski definition) is 6. The topological polar surface area (TPSA) is 100 Å². The van der Waals surface area contributed by atoms with Gasteiger partial charge in [-0.25, -0.2) is 0 Å². The Morgan fingerprint density at radius 2 is 1.81 bits per heavy atom. The molecule has 0 unspecified atom stereocenters. The molecule has 9 heteroatoms. The van der Waals surface area contributed by atoms with Gasteiger partial charge in [-0.15, -0.1) is 10.2 Å². The molecule has 160 valence electrons. The summed E-state index contributed by atoms with van der Waals surface area (Å²) in [6.07, 6.45) is 4.54. The van der Waals surface area contributed by atoms with Crippen molar-refractivity contribution in [2.45, 2.75) is 26.2 Å². The third-order valence-electron chi connectivity index (χ3n) is 5.06. The van der Waals surface area contributed by atoms with E-state index >= 15 is 0 Å². The number of rotatable bonds is 8. The summed E-state index contributed by atoms with van der Waals surface area (Å²) in [7, 11) is 0. The maximum Gasteiger partial charge on any atom is 0.277 e. The van der Waals surface area contributed by atoms with E-state index in [1.807, 2.05) is 12.1 Å². The molecule has 0 saturated carbocycles. The van der Waals surface area contributed by atoms with E-state index < -0.39 is 11.8 Å². The van der Waals surface area contributed by atoms with Gasteiger partial charge in [0.1, 0.15) is 16.7 Å². The minimum Gasteiger partial charge on any atom is -0.395 e. The molecule has 0 bridgehead atoms. The number of carbonyl (C=O) groups excluding carboxylic acids is 2. The second-order valence-corrected chi connectivity index (χ2v) is 7.69. The first-order valence-electron chi connectivity index (χ1n) is 10.1. The van der Waals surface area contributed by atoms with Crippen LogP contribution in [0.25, 0.3) is 16.7 Å². The Morgan fingerprint density at radius 1 is 1.10 bits per heavy atom. The SMILES string of the molecule is CCCCc1ccc(-n2nc3cc(Cl)c(NC4=CC(=O)N(CCO)C4=O)cc3n2)cc1. The van der Waals surface area contributed by atoms with E-state index in [0.29, 0.717) is 21.7 Å². The zero-order chi connectivity index (χ0) is 22.0. The number of hydrogen-bond donors (Lipinski definition) is 2. The van der Waals surface area contributed by atoms with Gasteiger partial charge in [-0.1, -0.05) is 37.1 Å². The van der Waals surface area contributed by atoms with Crippen molar-refractivity contribution in [3.63, 3.8) is 0 Å². The summed E-state index contributed by atoms with van der Waals surface area (Å²) >= 11 is 6.37. The number of β-amino-alcohol motifs (C(OH)–C–C–N with tert-alkyl or cyclic N) is 1. The van der Waals surface area contributed by atoms with Crippen LogP contribution in [0.1, 0.15) is 25.3 Å². The zero-order valence-corrected chi connectivity index (χ0v) is 17.8. The highest BCUT2D eigenvalue weighted by Crippen LogP contribution is 2.29. The van der Waals surface area contributed by atoms with Gasteiger partial charge in [-0.05, 0) is 42.7 Å².